The highest BCUT2D eigenvalue weighted by Gasteiger charge is 2.26. The SMILES string of the molecule is COCC1=CCN(S(=O)(=O)c2ccc(N)c(Cl)c2)CC1. The number of methoxy groups -OCH3 is 1. The molecule has 1 aromatic rings. The zero-order valence-corrected chi connectivity index (χ0v) is 12.7. The Balaban J connectivity index is 2.21. The van der Waals surface area contributed by atoms with Crippen molar-refractivity contribution in [3.8, 4) is 0 Å². The maximum atomic E-state index is 12.5. The van der Waals surface area contributed by atoms with Crippen molar-refractivity contribution in [1.82, 2.24) is 4.31 Å². The molecule has 7 heteroatoms. The van der Waals surface area contributed by atoms with Gasteiger partial charge in [-0.3, -0.25) is 0 Å². The Kier molecular flexibility index (Phi) is 4.70. The molecule has 1 aliphatic rings. The van der Waals surface area contributed by atoms with Crippen molar-refractivity contribution in [2.75, 3.05) is 32.5 Å². The minimum Gasteiger partial charge on any atom is -0.398 e. The zero-order valence-electron chi connectivity index (χ0n) is 11.2. The van der Waals surface area contributed by atoms with Crippen molar-refractivity contribution in [3.05, 3.63) is 34.9 Å². The molecule has 1 aliphatic heterocycles. The van der Waals surface area contributed by atoms with E-state index >= 15 is 0 Å². The van der Waals surface area contributed by atoms with Crippen LogP contribution in [0.15, 0.2) is 34.7 Å². The second-order valence-corrected chi connectivity index (χ2v) is 6.94. The number of benzene rings is 1. The van der Waals surface area contributed by atoms with Crippen LogP contribution in [0.2, 0.25) is 5.02 Å². The van der Waals surface area contributed by atoms with Crippen LogP contribution in [-0.4, -0.2) is 39.5 Å². The molecule has 1 heterocycles. The van der Waals surface area contributed by atoms with E-state index in [1.807, 2.05) is 6.08 Å². The lowest BCUT2D eigenvalue weighted by Gasteiger charge is -2.25. The first-order valence-electron chi connectivity index (χ1n) is 6.17. The molecule has 0 atom stereocenters. The number of hydrogen-bond acceptors (Lipinski definition) is 4. The molecule has 0 saturated carbocycles. The summed E-state index contributed by atoms with van der Waals surface area (Å²) < 4.78 is 31.4. The van der Waals surface area contributed by atoms with E-state index in [9.17, 15) is 8.42 Å². The van der Waals surface area contributed by atoms with E-state index < -0.39 is 10.0 Å². The third-order valence-electron chi connectivity index (χ3n) is 3.21. The van der Waals surface area contributed by atoms with Gasteiger partial charge in [-0.05, 0) is 30.2 Å². The fourth-order valence-electron chi connectivity index (χ4n) is 2.04. The maximum Gasteiger partial charge on any atom is 0.243 e. The minimum absolute atomic E-state index is 0.167. The van der Waals surface area contributed by atoms with Crippen LogP contribution in [0, 0.1) is 0 Å². The largest absolute Gasteiger partial charge is 0.398 e. The topological polar surface area (TPSA) is 72.6 Å². The van der Waals surface area contributed by atoms with E-state index in [1.165, 1.54) is 22.5 Å². The van der Waals surface area contributed by atoms with E-state index in [1.54, 1.807) is 7.11 Å². The summed E-state index contributed by atoms with van der Waals surface area (Å²) in [5, 5.41) is 0.249. The van der Waals surface area contributed by atoms with Gasteiger partial charge in [-0.2, -0.15) is 4.31 Å². The highest BCUT2D eigenvalue weighted by molar-refractivity contribution is 7.89. The summed E-state index contributed by atoms with van der Waals surface area (Å²) in [4.78, 5) is 0.167. The molecule has 1 aromatic carbocycles. The first-order chi connectivity index (χ1) is 9.45. The van der Waals surface area contributed by atoms with Crippen molar-refractivity contribution in [3.63, 3.8) is 0 Å². The number of nitrogens with zero attached hydrogens (tertiary/aromatic N) is 1. The van der Waals surface area contributed by atoms with E-state index in [0.717, 1.165) is 5.57 Å². The van der Waals surface area contributed by atoms with Crippen molar-refractivity contribution in [2.24, 2.45) is 0 Å². The maximum absolute atomic E-state index is 12.5. The lowest BCUT2D eigenvalue weighted by atomic mass is 10.1. The molecular formula is C13H17ClN2O3S. The van der Waals surface area contributed by atoms with Crippen LogP contribution in [0.3, 0.4) is 0 Å². The van der Waals surface area contributed by atoms with Crippen LogP contribution in [-0.2, 0) is 14.8 Å². The number of nitrogens with two attached hydrogens (primary N) is 1. The molecule has 2 N–H and O–H groups in total. The minimum atomic E-state index is -3.53. The van der Waals surface area contributed by atoms with E-state index in [-0.39, 0.29) is 9.92 Å². The van der Waals surface area contributed by atoms with Gasteiger partial charge in [0.25, 0.3) is 0 Å². The average Bonchev–Trinajstić information content (AvgIpc) is 2.43. The Bertz CT molecular complexity index is 629. The van der Waals surface area contributed by atoms with Crippen molar-refractivity contribution >= 4 is 27.3 Å². The fourth-order valence-corrected chi connectivity index (χ4v) is 3.70. The molecule has 20 heavy (non-hydrogen) atoms. The van der Waals surface area contributed by atoms with Crippen molar-refractivity contribution < 1.29 is 13.2 Å². The van der Waals surface area contributed by atoms with Gasteiger partial charge in [-0.25, -0.2) is 8.42 Å². The molecule has 0 aliphatic carbocycles. The summed E-state index contributed by atoms with van der Waals surface area (Å²) in [5.41, 5.74) is 7.09. The average molecular weight is 317 g/mol. The van der Waals surface area contributed by atoms with Crippen molar-refractivity contribution in [2.45, 2.75) is 11.3 Å². The fraction of sp³-hybridized carbons (Fsp3) is 0.385. The van der Waals surface area contributed by atoms with Gasteiger partial charge >= 0.3 is 0 Å². The van der Waals surface area contributed by atoms with Gasteiger partial charge in [0.05, 0.1) is 22.2 Å². The Morgan fingerprint density at radius 2 is 2.20 bits per heavy atom. The number of halogens is 1. The quantitative estimate of drug-likeness (QED) is 0.680. The van der Waals surface area contributed by atoms with Gasteiger partial charge in [-0.15, -0.1) is 0 Å². The van der Waals surface area contributed by atoms with Crippen LogP contribution in [0.5, 0.6) is 0 Å². The third-order valence-corrected chi connectivity index (χ3v) is 5.39. The molecule has 0 fully saturated rings. The number of ether oxygens (including phenoxy) is 1. The first-order valence-corrected chi connectivity index (χ1v) is 7.99. The molecule has 0 bridgehead atoms. The van der Waals surface area contributed by atoms with Gasteiger partial charge < -0.3 is 10.5 Å². The van der Waals surface area contributed by atoms with Crippen LogP contribution in [0.1, 0.15) is 6.42 Å². The second-order valence-electron chi connectivity index (χ2n) is 4.59. The standard InChI is InChI=1S/C13H17ClN2O3S/c1-19-9-10-4-6-16(7-5-10)20(17,18)11-2-3-13(15)12(14)8-11/h2-4,8H,5-7,9,15H2,1H3. The molecule has 5 nitrogen and oxygen atoms in total. The van der Waals surface area contributed by atoms with E-state index in [4.69, 9.17) is 22.1 Å². The molecule has 0 saturated heterocycles. The number of anilines is 1. The molecule has 0 aromatic heterocycles. The molecule has 110 valence electrons. The highest BCUT2D eigenvalue weighted by atomic mass is 35.5. The van der Waals surface area contributed by atoms with Gasteiger partial charge in [0.15, 0.2) is 0 Å². The van der Waals surface area contributed by atoms with Gasteiger partial charge in [0.2, 0.25) is 10.0 Å². The predicted octanol–water partition coefficient (Wildman–Crippen LogP) is 1.89. The van der Waals surface area contributed by atoms with E-state index in [2.05, 4.69) is 0 Å². The summed E-state index contributed by atoms with van der Waals surface area (Å²) >= 11 is 5.89. The lowest BCUT2D eigenvalue weighted by Crippen LogP contribution is -2.35. The smallest absolute Gasteiger partial charge is 0.243 e. The number of rotatable bonds is 4. The monoisotopic (exact) mass is 316 g/mol. The van der Waals surface area contributed by atoms with Gasteiger partial charge in [-0.1, -0.05) is 17.7 Å². The van der Waals surface area contributed by atoms with Gasteiger partial charge in [0.1, 0.15) is 0 Å². The number of nitrogen functional groups attached to an aromatic ring is 1. The van der Waals surface area contributed by atoms with Crippen LogP contribution in [0.25, 0.3) is 0 Å². The first kappa shape index (κ1) is 15.3. The molecule has 0 spiro atoms. The summed E-state index contributed by atoms with van der Waals surface area (Å²) in [5.74, 6) is 0. The molecule has 0 amide bonds. The van der Waals surface area contributed by atoms with Crippen molar-refractivity contribution in [1.29, 1.82) is 0 Å². The Labute approximate surface area is 124 Å². The molecule has 0 radical (unpaired) electrons. The van der Waals surface area contributed by atoms with Crippen LogP contribution < -0.4 is 5.73 Å². The predicted molar refractivity (Wildman–Crippen MR) is 79.2 cm³/mol. The Hall–Kier alpha value is -1.08. The molecule has 0 unspecified atom stereocenters. The zero-order chi connectivity index (χ0) is 14.8. The summed E-state index contributed by atoms with van der Waals surface area (Å²) in [7, 11) is -1.91. The van der Waals surface area contributed by atoms with Gasteiger partial charge in [0, 0.05) is 20.2 Å². The number of sulfonamides is 1. The second kappa shape index (κ2) is 6.13. The van der Waals surface area contributed by atoms with Crippen LogP contribution >= 0.6 is 11.6 Å². The normalized spacial score (nSPS) is 17.0. The van der Waals surface area contributed by atoms with E-state index in [0.29, 0.717) is 31.8 Å². The highest BCUT2D eigenvalue weighted by Crippen LogP contribution is 2.26. The Morgan fingerprint density at radius 3 is 2.75 bits per heavy atom. The summed E-state index contributed by atoms with van der Waals surface area (Å²) in [6.45, 7) is 1.34. The van der Waals surface area contributed by atoms with Crippen LogP contribution in [0.4, 0.5) is 5.69 Å². The number of hydrogen-bond donors (Lipinski definition) is 1. The summed E-state index contributed by atoms with van der Waals surface area (Å²) in [6.07, 6.45) is 2.57. The Morgan fingerprint density at radius 1 is 1.45 bits per heavy atom. The molecule has 2 rings (SSSR count). The lowest BCUT2D eigenvalue weighted by molar-refractivity contribution is 0.219. The summed E-state index contributed by atoms with van der Waals surface area (Å²) in [6, 6.07) is 4.37. The molecular weight excluding hydrogens is 300 g/mol. The third kappa shape index (κ3) is 3.15.